The Morgan fingerprint density at radius 1 is 1.35 bits per heavy atom. The fraction of sp³-hybridized carbons (Fsp3) is 0.533. The highest BCUT2D eigenvalue weighted by Crippen LogP contribution is 2.16. The van der Waals surface area contributed by atoms with Crippen LogP contribution < -0.4 is 15.4 Å². The number of benzene rings is 1. The van der Waals surface area contributed by atoms with E-state index in [-0.39, 0.29) is 18.5 Å². The standard InChI is InChI=1S/C15H24N2O3/c1-4-11(5-2)14(18)10-16-15(19)17-12-7-6-8-13(9-12)20-3/h6-9,11,14,18H,4-5,10H2,1-3H3,(H2,16,17,19). The molecule has 0 aliphatic heterocycles. The Labute approximate surface area is 120 Å². The molecule has 20 heavy (non-hydrogen) atoms. The average Bonchev–Trinajstić information content (AvgIpc) is 2.46. The number of amides is 2. The van der Waals surface area contributed by atoms with E-state index < -0.39 is 6.10 Å². The van der Waals surface area contributed by atoms with E-state index in [0.717, 1.165) is 12.8 Å². The number of aliphatic hydroxyl groups excluding tert-OH is 1. The lowest BCUT2D eigenvalue weighted by atomic mass is 9.97. The number of carbonyl (C=O) groups is 1. The Bertz CT molecular complexity index is 419. The maximum absolute atomic E-state index is 11.7. The van der Waals surface area contributed by atoms with Gasteiger partial charge in [0.05, 0.1) is 13.2 Å². The number of rotatable bonds is 7. The number of carbonyl (C=O) groups excluding carboxylic acids is 1. The monoisotopic (exact) mass is 280 g/mol. The average molecular weight is 280 g/mol. The summed E-state index contributed by atoms with van der Waals surface area (Å²) in [6.07, 6.45) is 1.29. The van der Waals surface area contributed by atoms with Crippen molar-refractivity contribution < 1.29 is 14.6 Å². The van der Waals surface area contributed by atoms with Gasteiger partial charge >= 0.3 is 6.03 Å². The van der Waals surface area contributed by atoms with E-state index in [0.29, 0.717) is 11.4 Å². The van der Waals surface area contributed by atoms with Gasteiger partial charge in [0.15, 0.2) is 0 Å². The predicted molar refractivity (Wildman–Crippen MR) is 80.1 cm³/mol. The van der Waals surface area contributed by atoms with E-state index in [1.165, 1.54) is 0 Å². The number of urea groups is 1. The number of nitrogens with one attached hydrogen (secondary N) is 2. The van der Waals surface area contributed by atoms with Crippen LogP contribution in [0.15, 0.2) is 24.3 Å². The van der Waals surface area contributed by atoms with E-state index in [1.54, 1.807) is 31.4 Å². The summed E-state index contributed by atoms with van der Waals surface area (Å²) in [5.41, 5.74) is 0.652. The van der Waals surface area contributed by atoms with Crippen molar-refractivity contribution in [3.05, 3.63) is 24.3 Å². The molecule has 0 fully saturated rings. The molecular formula is C15H24N2O3. The topological polar surface area (TPSA) is 70.6 Å². The first-order chi connectivity index (χ1) is 9.60. The van der Waals surface area contributed by atoms with Crippen molar-refractivity contribution in [1.82, 2.24) is 5.32 Å². The predicted octanol–water partition coefficient (Wildman–Crippen LogP) is 2.61. The smallest absolute Gasteiger partial charge is 0.319 e. The number of hydrogen-bond acceptors (Lipinski definition) is 3. The summed E-state index contributed by atoms with van der Waals surface area (Å²) >= 11 is 0. The van der Waals surface area contributed by atoms with E-state index in [2.05, 4.69) is 10.6 Å². The molecule has 5 nitrogen and oxygen atoms in total. The fourth-order valence-corrected chi connectivity index (χ4v) is 2.07. The minimum atomic E-state index is -0.513. The molecule has 0 aliphatic rings. The molecule has 112 valence electrons. The minimum Gasteiger partial charge on any atom is -0.497 e. The summed E-state index contributed by atoms with van der Waals surface area (Å²) in [6, 6.07) is 6.78. The number of hydrogen-bond donors (Lipinski definition) is 3. The van der Waals surface area contributed by atoms with Crippen molar-refractivity contribution >= 4 is 11.7 Å². The lowest BCUT2D eigenvalue weighted by Crippen LogP contribution is -2.38. The quantitative estimate of drug-likeness (QED) is 0.719. The maximum Gasteiger partial charge on any atom is 0.319 e. The molecule has 0 aromatic heterocycles. The summed E-state index contributed by atoms with van der Waals surface area (Å²) in [7, 11) is 1.57. The number of methoxy groups -OCH3 is 1. The molecule has 0 aliphatic carbocycles. The number of anilines is 1. The minimum absolute atomic E-state index is 0.215. The van der Waals surface area contributed by atoms with Crippen LogP contribution in [0, 0.1) is 5.92 Å². The molecule has 1 unspecified atom stereocenters. The Balaban J connectivity index is 2.43. The van der Waals surface area contributed by atoms with Crippen LogP contribution in [-0.4, -0.2) is 30.9 Å². The normalized spacial score (nSPS) is 12.1. The van der Waals surface area contributed by atoms with Gasteiger partial charge in [0.1, 0.15) is 5.75 Å². The molecular weight excluding hydrogens is 256 g/mol. The summed E-state index contributed by atoms with van der Waals surface area (Å²) < 4.78 is 5.08. The first kappa shape index (κ1) is 16.3. The van der Waals surface area contributed by atoms with Crippen LogP contribution in [0.5, 0.6) is 5.75 Å². The van der Waals surface area contributed by atoms with Gasteiger partial charge in [0.25, 0.3) is 0 Å². The van der Waals surface area contributed by atoms with E-state index in [9.17, 15) is 9.90 Å². The lowest BCUT2D eigenvalue weighted by molar-refractivity contribution is 0.104. The summed E-state index contributed by atoms with van der Waals surface area (Å²) in [5.74, 6) is 0.895. The molecule has 0 radical (unpaired) electrons. The highest BCUT2D eigenvalue weighted by molar-refractivity contribution is 5.89. The largest absolute Gasteiger partial charge is 0.497 e. The van der Waals surface area contributed by atoms with Gasteiger partial charge in [0, 0.05) is 18.3 Å². The highest BCUT2D eigenvalue weighted by Gasteiger charge is 2.16. The highest BCUT2D eigenvalue weighted by atomic mass is 16.5. The van der Waals surface area contributed by atoms with Gasteiger partial charge in [0.2, 0.25) is 0 Å². The van der Waals surface area contributed by atoms with Crippen molar-refractivity contribution in [2.24, 2.45) is 5.92 Å². The van der Waals surface area contributed by atoms with Crippen LogP contribution >= 0.6 is 0 Å². The number of ether oxygens (including phenoxy) is 1. The third kappa shape index (κ3) is 5.09. The van der Waals surface area contributed by atoms with Crippen molar-refractivity contribution in [2.45, 2.75) is 32.8 Å². The van der Waals surface area contributed by atoms with Crippen LogP contribution in [0.1, 0.15) is 26.7 Å². The summed E-state index contributed by atoms with van der Waals surface area (Å²) in [5, 5.41) is 15.3. The third-order valence-electron chi connectivity index (χ3n) is 3.39. The molecule has 5 heteroatoms. The zero-order chi connectivity index (χ0) is 15.0. The van der Waals surface area contributed by atoms with Gasteiger partial charge in [-0.15, -0.1) is 0 Å². The van der Waals surface area contributed by atoms with Crippen molar-refractivity contribution in [1.29, 1.82) is 0 Å². The molecule has 2 amide bonds. The van der Waals surface area contributed by atoms with Crippen LogP contribution in [0.25, 0.3) is 0 Å². The van der Waals surface area contributed by atoms with Gasteiger partial charge in [-0.05, 0) is 18.1 Å². The molecule has 1 rings (SSSR count). The van der Waals surface area contributed by atoms with Gasteiger partial charge in [-0.2, -0.15) is 0 Å². The van der Waals surface area contributed by atoms with E-state index in [4.69, 9.17) is 4.74 Å². The zero-order valence-corrected chi connectivity index (χ0v) is 12.3. The zero-order valence-electron chi connectivity index (χ0n) is 12.3. The molecule has 0 saturated heterocycles. The number of aliphatic hydroxyl groups is 1. The molecule has 3 N–H and O–H groups in total. The molecule has 0 spiro atoms. The Hall–Kier alpha value is -1.75. The van der Waals surface area contributed by atoms with E-state index >= 15 is 0 Å². The van der Waals surface area contributed by atoms with Crippen LogP contribution in [0.2, 0.25) is 0 Å². The van der Waals surface area contributed by atoms with Gasteiger partial charge in [-0.1, -0.05) is 32.8 Å². The van der Waals surface area contributed by atoms with Gasteiger partial charge in [-0.3, -0.25) is 0 Å². The van der Waals surface area contributed by atoms with Crippen molar-refractivity contribution in [3.63, 3.8) is 0 Å². The first-order valence-electron chi connectivity index (χ1n) is 6.97. The van der Waals surface area contributed by atoms with Crippen LogP contribution in [0.4, 0.5) is 10.5 Å². The molecule has 0 heterocycles. The second kappa shape index (κ2) is 8.43. The van der Waals surface area contributed by atoms with Crippen LogP contribution in [0.3, 0.4) is 0 Å². The molecule has 0 saturated carbocycles. The van der Waals surface area contributed by atoms with Gasteiger partial charge in [-0.25, -0.2) is 4.79 Å². The van der Waals surface area contributed by atoms with Gasteiger partial charge < -0.3 is 20.5 Å². The first-order valence-corrected chi connectivity index (χ1v) is 6.97. The fourth-order valence-electron chi connectivity index (χ4n) is 2.07. The molecule has 1 atom stereocenters. The molecule has 1 aromatic carbocycles. The Morgan fingerprint density at radius 2 is 2.05 bits per heavy atom. The van der Waals surface area contributed by atoms with Crippen molar-refractivity contribution in [2.75, 3.05) is 19.0 Å². The maximum atomic E-state index is 11.7. The summed E-state index contributed by atoms with van der Waals surface area (Å²) in [6.45, 7) is 4.32. The van der Waals surface area contributed by atoms with Crippen LogP contribution in [-0.2, 0) is 0 Å². The van der Waals surface area contributed by atoms with Crippen molar-refractivity contribution in [3.8, 4) is 5.75 Å². The third-order valence-corrected chi connectivity index (χ3v) is 3.39. The SMILES string of the molecule is CCC(CC)C(O)CNC(=O)Nc1cccc(OC)c1. The molecule has 0 bridgehead atoms. The van der Waals surface area contributed by atoms with E-state index in [1.807, 2.05) is 13.8 Å². The Kier molecular flexibility index (Phi) is 6.87. The second-order valence-corrected chi connectivity index (χ2v) is 4.71. The summed E-state index contributed by atoms with van der Waals surface area (Å²) in [4.78, 5) is 11.7. The second-order valence-electron chi connectivity index (χ2n) is 4.71. The molecule has 1 aromatic rings. The Morgan fingerprint density at radius 3 is 2.65 bits per heavy atom. The lowest BCUT2D eigenvalue weighted by Gasteiger charge is -2.20.